The topological polar surface area (TPSA) is 83.5 Å². The van der Waals surface area contributed by atoms with E-state index in [-0.39, 0.29) is 23.1 Å². The second kappa shape index (κ2) is 5.50. The van der Waals surface area contributed by atoms with Gasteiger partial charge in [0.15, 0.2) is 0 Å². The Morgan fingerprint density at radius 1 is 1.32 bits per heavy atom. The zero-order chi connectivity index (χ0) is 14.0. The molecule has 7 heteroatoms. The van der Waals surface area contributed by atoms with Crippen LogP contribution in [-0.2, 0) is 9.84 Å². The van der Waals surface area contributed by atoms with E-state index in [1.54, 1.807) is 12.1 Å². The molecular weight excluding hydrogens is 334 g/mol. The number of carboxylic acids is 1. The van der Waals surface area contributed by atoms with Crippen molar-refractivity contribution in [2.45, 2.75) is 18.9 Å². The zero-order valence-corrected chi connectivity index (χ0v) is 12.5. The maximum absolute atomic E-state index is 11.3. The molecule has 1 saturated heterocycles. The van der Waals surface area contributed by atoms with E-state index in [4.69, 9.17) is 5.11 Å². The van der Waals surface area contributed by atoms with Crippen molar-refractivity contribution in [2.75, 3.05) is 16.8 Å². The van der Waals surface area contributed by atoms with E-state index >= 15 is 0 Å². The highest BCUT2D eigenvalue weighted by atomic mass is 79.9. The minimum atomic E-state index is -2.90. The standard InChI is InChI=1S/C12H14BrNO4S/c13-8-1-2-11(10(7-8)12(15)16)14-9-3-5-19(17,18)6-4-9/h1-2,7,9,14H,3-6H2,(H,15,16). The Bertz CT molecular complexity index is 586. The van der Waals surface area contributed by atoms with E-state index in [1.807, 2.05) is 0 Å². The lowest BCUT2D eigenvalue weighted by Gasteiger charge is -2.24. The maximum Gasteiger partial charge on any atom is 0.337 e. The molecule has 1 aromatic rings. The predicted molar refractivity (Wildman–Crippen MR) is 76.4 cm³/mol. The van der Waals surface area contributed by atoms with E-state index in [0.717, 1.165) is 0 Å². The molecule has 0 aromatic heterocycles. The van der Waals surface area contributed by atoms with Crippen LogP contribution in [0.15, 0.2) is 22.7 Å². The van der Waals surface area contributed by atoms with Crippen molar-refractivity contribution < 1.29 is 18.3 Å². The summed E-state index contributed by atoms with van der Waals surface area (Å²) in [7, 11) is -2.90. The molecule has 19 heavy (non-hydrogen) atoms. The van der Waals surface area contributed by atoms with Crippen molar-refractivity contribution in [3.05, 3.63) is 28.2 Å². The number of hydrogen-bond donors (Lipinski definition) is 2. The first-order valence-corrected chi connectivity index (χ1v) is 8.48. The van der Waals surface area contributed by atoms with E-state index in [2.05, 4.69) is 21.2 Å². The summed E-state index contributed by atoms with van der Waals surface area (Å²) in [6.45, 7) is 0. The highest BCUT2D eigenvalue weighted by Gasteiger charge is 2.24. The van der Waals surface area contributed by atoms with Crippen LogP contribution in [0.1, 0.15) is 23.2 Å². The Morgan fingerprint density at radius 3 is 2.53 bits per heavy atom. The van der Waals surface area contributed by atoms with Crippen LogP contribution in [0.5, 0.6) is 0 Å². The highest BCUT2D eigenvalue weighted by Crippen LogP contribution is 2.24. The van der Waals surface area contributed by atoms with Gasteiger partial charge >= 0.3 is 5.97 Å². The minimum Gasteiger partial charge on any atom is -0.478 e. The monoisotopic (exact) mass is 347 g/mol. The van der Waals surface area contributed by atoms with Gasteiger partial charge in [-0.05, 0) is 31.0 Å². The van der Waals surface area contributed by atoms with Gasteiger partial charge in [0.25, 0.3) is 0 Å². The molecule has 0 spiro atoms. The smallest absolute Gasteiger partial charge is 0.337 e. The molecule has 1 aliphatic heterocycles. The summed E-state index contributed by atoms with van der Waals surface area (Å²) in [5.41, 5.74) is 0.711. The molecule has 2 rings (SSSR count). The van der Waals surface area contributed by atoms with Crippen LogP contribution < -0.4 is 5.32 Å². The number of sulfone groups is 1. The number of aromatic carboxylic acids is 1. The van der Waals surface area contributed by atoms with Gasteiger partial charge in [-0.25, -0.2) is 13.2 Å². The molecule has 0 amide bonds. The van der Waals surface area contributed by atoms with Gasteiger partial charge in [0.2, 0.25) is 0 Å². The lowest BCUT2D eigenvalue weighted by molar-refractivity contribution is 0.0698. The Balaban J connectivity index is 2.14. The van der Waals surface area contributed by atoms with E-state index < -0.39 is 15.8 Å². The van der Waals surface area contributed by atoms with Crippen molar-refractivity contribution in [3.63, 3.8) is 0 Å². The van der Waals surface area contributed by atoms with Gasteiger partial charge in [-0.15, -0.1) is 0 Å². The molecule has 0 aliphatic carbocycles. The first-order valence-electron chi connectivity index (χ1n) is 5.87. The molecule has 1 aliphatic rings. The van der Waals surface area contributed by atoms with Gasteiger partial charge in [-0.3, -0.25) is 0 Å². The first kappa shape index (κ1) is 14.3. The van der Waals surface area contributed by atoms with Crippen molar-refractivity contribution in [3.8, 4) is 0 Å². The fraction of sp³-hybridized carbons (Fsp3) is 0.417. The SMILES string of the molecule is O=C(O)c1cc(Br)ccc1NC1CCS(=O)(=O)CC1. The maximum atomic E-state index is 11.3. The van der Waals surface area contributed by atoms with Crippen molar-refractivity contribution in [2.24, 2.45) is 0 Å². The number of carbonyl (C=O) groups is 1. The van der Waals surface area contributed by atoms with Crippen LogP contribution >= 0.6 is 15.9 Å². The Kier molecular flexibility index (Phi) is 4.15. The Labute approximate surface area is 120 Å². The molecule has 5 nitrogen and oxygen atoms in total. The minimum absolute atomic E-state index is 0.00259. The second-order valence-electron chi connectivity index (χ2n) is 4.57. The number of hydrogen-bond acceptors (Lipinski definition) is 4. The number of nitrogens with one attached hydrogen (secondary N) is 1. The molecule has 0 unspecified atom stereocenters. The molecule has 1 heterocycles. The van der Waals surface area contributed by atoms with Crippen LogP contribution in [0.25, 0.3) is 0 Å². The molecule has 2 N–H and O–H groups in total. The summed E-state index contributed by atoms with van der Waals surface area (Å²) in [4.78, 5) is 11.2. The molecule has 1 aromatic carbocycles. The third-order valence-corrected chi connectivity index (χ3v) is 5.33. The molecule has 0 atom stereocenters. The molecule has 0 radical (unpaired) electrons. The number of benzene rings is 1. The average molecular weight is 348 g/mol. The molecule has 104 valence electrons. The number of carboxylic acid groups (broad SMARTS) is 1. The predicted octanol–water partition coefficient (Wildman–Crippen LogP) is 2.14. The van der Waals surface area contributed by atoms with Gasteiger partial charge in [-0.2, -0.15) is 0 Å². The van der Waals surface area contributed by atoms with Crippen LogP contribution in [0, 0.1) is 0 Å². The average Bonchev–Trinajstić information content (AvgIpc) is 2.33. The fourth-order valence-corrected chi connectivity index (χ4v) is 3.93. The first-order chi connectivity index (χ1) is 8.87. The molecule has 0 bridgehead atoms. The third-order valence-electron chi connectivity index (χ3n) is 3.13. The van der Waals surface area contributed by atoms with Gasteiger partial charge in [0, 0.05) is 16.2 Å². The Hall–Kier alpha value is -1.08. The summed E-state index contributed by atoms with van der Waals surface area (Å²) in [5, 5.41) is 12.3. The number of anilines is 1. The van der Waals surface area contributed by atoms with Crippen molar-refractivity contribution in [1.82, 2.24) is 0 Å². The lowest BCUT2D eigenvalue weighted by atomic mass is 10.1. The second-order valence-corrected chi connectivity index (χ2v) is 7.78. The van der Waals surface area contributed by atoms with Crippen LogP contribution in [0.2, 0.25) is 0 Å². The van der Waals surface area contributed by atoms with E-state index in [0.29, 0.717) is 23.0 Å². The largest absolute Gasteiger partial charge is 0.478 e. The van der Waals surface area contributed by atoms with Crippen molar-refractivity contribution >= 4 is 37.4 Å². The van der Waals surface area contributed by atoms with Crippen LogP contribution in [-0.4, -0.2) is 37.0 Å². The van der Waals surface area contributed by atoms with Crippen LogP contribution in [0.3, 0.4) is 0 Å². The lowest BCUT2D eigenvalue weighted by Crippen LogP contribution is -2.32. The van der Waals surface area contributed by atoms with Gasteiger partial charge < -0.3 is 10.4 Å². The van der Waals surface area contributed by atoms with E-state index in [9.17, 15) is 13.2 Å². The zero-order valence-electron chi connectivity index (χ0n) is 10.1. The Morgan fingerprint density at radius 2 is 1.95 bits per heavy atom. The molecular formula is C12H14BrNO4S. The number of rotatable bonds is 3. The number of halogens is 1. The molecule has 1 fully saturated rings. The summed E-state index contributed by atoms with van der Waals surface area (Å²) in [5.74, 6) is -0.694. The summed E-state index contributed by atoms with van der Waals surface area (Å²) >= 11 is 3.23. The summed E-state index contributed by atoms with van der Waals surface area (Å²) in [6.07, 6.45) is 1.02. The molecule has 0 saturated carbocycles. The normalized spacial score (nSPS) is 19.0. The summed E-state index contributed by atoms with van der Waals surface area (Å²) < 4.78 is 23.4. The van der Waals surface area contributed by atoms with E-state index in [1.165, 1.54) is 6.07 Å². The fourth-order valence-electron chi connectivity index (χ4n) is 2.07. The van der Waals surface area contributed by atoms with Gasteiger partial charge in [-0.1, -0.05) is 15.9 Å². The van der Waals surface area contributed by atoms with Gasteiger partial charge in [0.05, 0.1) is 17.1 Å². The van der Waals surface area contributed by atoms with Crippen LogP contribution in [0.4, 0.5) is 5.69 Å². The van der Waals surface area contributed by atoms with Gasteiger partial charge in [0.1, 0.15) is 9.84 Å². The van der Waals surface area contributed by atoms with Crippen molar-refractivity contribution in [1.29, 1.82) is 0 Å². The highest BCUT2D eigenvalue weighted by molar-refractivity contribution is 9.10. The third kappa shape index (κ3) is 3.70. The quantitative estimate of drug-likeness (QED) is 0.874. The summed E-state index contributed by atoms with van der Waals surface area (Å²) in [6, 6.07) is 4.98.